The maximum absolute atomic E-state index is 12.4. The number of nitrogens with zero attached hydrogens (tertiary/aromatic N) is 2. The lowest BCUT2D eigenvalue weighted by molar-refractivity contribution is 0.0601. The van der Waals surface area contributed by atoms with Crippen LogP contribution in [0.25, 0.3) is 22.4 Å². The molecule has 0 atom stereocenters. The first kappa shape index (κ1) is 29.1. The number of hydrogen-bond donors (Lipinski definition) is 0. The molecule has 1 fully saturated rings. The lowest BCUT2D eigenvalue weighted by Gasteiger charge is -2.10. The molecule has 2 heterocycles. The van der Waals surface area contributed by atoms with Gasteiger partial charge < -0.3 is 18.4 Å². The predicted octanol–water partition coefficient (Wildman–Crippen LogP) is 9.04. The quantitative estimate of drug-likeness (QED) is 0.124. The van der Waals surface area contributed by atoms with Crippen molar-refractivity contribution in [2.24, 2.45) is 0 Å². The number of methoxy groups -OCH3 is 1. The minimum Gasteiger partial charge on any atom is -0.489 e. The van der Waals surface area contributed by atoms with Crippen LogP contribution in [0.5, 0.6) is 5.75 Å². The molecule has 0 aliphatic heterocycles. The summed E-state index contributed by atoms with van der Waals surface area (Å²) in [4.78, 5) is 17.0. The molecule has 5 aromatic rings. The Bertz CT molecular complexity index is 1890. The first-order chi connectivity index (χ1) is 20.9. The maximum atomic E-state index is 12.4. The molecule has 7 nitrogen and oxygen atoms in total. The number of halogens is 3. The molecule has 6 rings (SSSR count). The molecular weight excluding hydrogens is 611 g/mol. The van der Waals surface area contributed by atoms with Gasteiger partial charge in [0, 0.05) is 35.1 Å². The summed E-state index contributed by atoms with van der Waals surface area (Å²) >= 11 is 19.6. The first-order valence-corrected chi connectivity index (χ1v) is 14.9. The Morgan fingerprint density at radius 1 is 1.05 bits per heavy atom. The van der Waals surface area contributed by atoms with Crippen LogP contribution in [0.3, 0.4) is 0 Å². The second kappa shape index (κ2) is 12.3. The molecule has 218 valence electrons. The van der Waals surface area contributed by atoms with Gasteiger partial charge in [0.15, 0.2) is 11.5 Å². The molecule has 0 bridgehead atoms. The third-order valence-electron chi connectivity index (χ3n) is 7.04. The molecule has 2 aromatic heterocycles. The van der Waals surface area contributed by atoms with Crippen molar-refractivity contribution in [1.82, 2.24) is 10.1 Å². The first-order valence-electron chi connectivity index (χ1n) is 13.7. The largest absolute Gasteiger partial charge is 0.489 e. The molecule has 1 aliphatic rings. The van der Waals surface area contributed by atoms with Crippen molar-refractivity contribution in [2.45, 2.75) is 45.1 Å². The van der Waals surface area contributed by atoms with Crippen molar-refractivity contribution in [3.63, 3.8) is 0 Å². The molecule has 10 heteroatoms. The fraction of sp³-hybridized carbons (Fsp3) is 0.242. The van der Waals surface area contributed by atoms with E-state index in [1.54, 1.807) is 48.5 Å². The van der Waals surface area contributed by atoms with E-state index in [0.717, 1.165) is 30.6 Å². The highest BCUT2D eigenvalue weighted by atomic mass is 35.5. The number of aromatic nitrogens is 2. The molecule has 43 heavy (non-hydrogen) atoms. The van der Waals surface area contributed by atoms with Crippen LogP contribution in [0.1, 0.15) is 70.8 Å². The molecule has 3 aromatic carbocycles. The van der Waals surface area contributed by atoms with E-state index in [1.165, 1.54) is 7.11 Å². The Labute approximate surface area is 263 Å². The fourth-order valence-corrected chi connectivity index (χ4v) is 5.56. The van der Waals surface area contributed by atoms with Crippen LogP contribution in [-0.2, 0) is 17.8 Å². The monoisotopic (exact) mass is 634 g/mol. The van der Waals surface area contributed by atoms with Gasteiger partial charge in [0.1, 0.15) is 34.9 Å². The predicted molar refractivity (Wildman–Crippen MR) is 165 cm³/mol. The van der Waals surface area contributed by atoms with Gasteiger partial charge >= 0.3 is 5.97 Å². The zero-order valence-corrected chi connectivity index (χ0v) is 25.6. The third-order valence-corrected chi connectivity index (χ3v) is 7.98. The number of carbonyl (C=O) groups is 1. The highest BCUT2D eigenvalue weighted by Crippen LogP contribution is 2.46. The summed E-state index contributed by atoms with van der Waals surface area (Å²) in [5.74, 6) is 7.84. The minimum atomic E-state index is -0.523. The van der Waals surface area contributed by atoms with Crippen molar-refractivity contribution >= 4 is 51.9 Å². The van der Waals surface area contributed by atoms with Crippen molar-refractivity contribution in [3.8, 4) is 28.8 Å². The average molecular weight is 636 g/mol. The van der Waals surface area contributed by atoms with E-state index in [1.807, 2.05) is 6.92 Å². The SMILES string of the molecule is CCCc1nc2cc(C#Cc3ccc(OCc4c(-c5c(Cl)cccc5Cl)noc4C4CC4)cc3Cl)cc(C(=O)OC)c2o1. The van der Waals surface area contributed by atoms with Gasteiger partial charge in [0.05, 0.1) is 27.7 Å². The summed E-state index contributed by atoms with van der Waals surface area (Å²) in [6.07, 6.45) is 3.58. The Kier molecular flexibility index (Phi) is 8.36. The van der Waals surface area contributed by atoms with Crippen LogP contribution < -0.4 is 4.74 Å². The average Bonchev–Trinajstić information content (AvgIpc) is 3.63. The fourth-order valence-electron chi connectivity index (χ4n) is 4.76. The number of hydrogen-bond acceptors (Lipinski definition) is 7. The number of carbonyl (C=O) groups excluding carboxylic acids is 1. The highest BCUT2D eigenvalue weighted by molar-refractivity contribution is 6.39. The van der Waals surface area contributed by atoms with Crippen LogP contribution in [-0.4, -0.2) is 23.2 Å². The molecule has 0 amide bonds. The second-order valence-corrected chi connectivity index (χ2v) is 11.4. The van der Waals surface area contributed by atoms with Crippen molar-refractivity contribution in [1.29, 1.82) is 0 Å². The molecule has 0 saturated heterocycles. The zero-order valence-electron chi connectivity index (χ0n) is 23.3. The molecule has 0 spiro atoms. The topological polar surface area (TPSA) is 87.6 Å². The molecular formula is C33H25Cl3N2O5. The maximum Gasteiger partial charge on any atom is 0.341 e. The van der Waals surface area contributed by atoms with Gasteiger partial charge in [-0.1, -0.05) is 64.8 Å². The van der Waals surface area contributed by atoms with E-state index >= 15 is 0 Å². The zero-order chi connectivity index (χ0) is 30.1. The van der Waals surface area contributed by atoms with Gasteiger partial charge in [-0.3, -0.25) is 0 Å². The number of ether oxygens (including phenoxy) is 2. The van der Waals surface area contributed by atoms with Gasteiger partial charge in [-0.15, -0.1) is 0 Å². The molecule has 1 saturated carbocycles. The van der Waals surface area contributed by atoms with Crippen molar-refractivity contribution in [3.05, 3.63) is 97.5 Å². The number of rotatable bonds is 8. The summed E-state index contributed by atoms with van der Waals surface area (Å²) in [5, 5.41) is 5.69. The van der Waals surface area contributed by atoms with Crippen LogP contribution in [0.2, 0.25) is 15.1 Å². The van der Waals surface area contributed by atoms with Gasteiger partial charge in [0.25, 0.3) is 0 Å². The van der Waals surface area contributed by atoms with E-state index in [2.05, 4.69) is 22.0 Å². The van der Waals surface area contributed by atoms with Gasteiger partial charge in [-0.05, 0) is 55.7 Å². The molecule has 0 N–H and O–H groups in total. The van der Waals surface area contributed by atoms with Crippen LogP contribution in [0.4, 0.5) is 0 Å². The van der Waals surface area contributed by atoms with Gasteiger partial charge in [-0.2, -0.15) is 0 Å². The molecule has 0 radical (unpaired) electrons. The van der Waals surface area contributed by atoms with Crippen LogP contribution in [0, 0.1) is 11.8 Å². The van der Waals surface area contributed by atoms with Gasteiger partial charge in [-0.25, -0.2) is 9.78 Å². The third kappa shape index (κ3) is 6.09. The Morgan fingerprint density at radius 2 is 1.84 bits per heavy atom. The Hall–Kier alpha value is -3.96. The van der Waals surface area contributed by atoms with Gasteiger partial charge in [0.2, 0.25) is 0 Å². The lowest BCUT2D eigenvalue weighted by atomic mass is 10.0. The van der Waals surface area contributed by atoms with E-state index in [9.17, 15) is 4.79 Å². The van der Waals surface area contributed by atoms with Crippen molar-refractivity contribution < 1.29 is 23.2 Å². The summed E-state index contributed by atoms with van der Waals surface area (Å²) < 4.78 is 22.6. The van der Waals surface area contributed by atoms with E-state index in [-0.39, 0.29) is 12.2 Å². The second-order valence-electron chi connectivity index (χ2n) is 10.1. The van der Waals surface area contributed by atoms with E-state index < -0.39 is 5.97 Å². The number of oxazole rings is 1. The van der Waals surface area contributed by atoms with Crippen molar-refractivity contribution in [2.75, 3.05) is 7.11 Å². The summed E-state index contributed by atoms with van der Waals surface area (Å²) in [7, 11) is 1.32. The number of aryl methyl sites for hydroxylation is 1. The Morgan fingerprint density at radius 3 is 2.53 bits per heavy atom. The molecule has 0 unspecified atom stereocenters. The Balaban J connectivity index is 1.25. The highest BCUT2D eigenvalue weighted by Gasteiger charge is 2.33. The minimum absolute atomic E-state index is 0.196. The molecule has 1 aliphatic carbocycles. The smallest absolute Gasteiger partial charge is 0.341 e. The van der Waals surface area contributed by atoms with E-state index in [4.69, 9.17) is 53.2 Å². The summed E-state index contributed by atoms with van der Waals surface area (Å²) in [6.45, 7) is 2.22. The number of fused-ring (bicyclic) bond motifs is 1. The summed E-state index contributed by atoms with van der Waals surface area (Å²) in [5.41, 5.74) is 4.36. The number of esters is 1. The van der Waals surface area contributed by atoms with E-state index in [0.29, 0.717) is 72.5 Å². The van der Waals surface area contributed by atoms with Crippen LogP contribution in [0.15, 0.2) is 57.5 Å². The standard InChI is InChI=1S/C33H25Cl3N2O5/c1-3-5-28-37-27-15-18(14-22(32(27)42-28)33(39)40-2)8-9-19-12-13-21(16-26(19)36)41-17-23-30(38-43-31(23)20-10-11-20)29-24(34)6-4-7-25(29)35/h4,6-7,12-16,20H,3,5,10-11,17H2,1-2H3. The lowest BCUT2D eigenvalue weighted by Crippen LogP contribution is -2.02. The normalized spacial score (nSPS) is 12.7. The number of benzene rings is 3. The van der Waals surface area contributed by atoms with Crippen LogP contribution >= 0.6 is 34.8 Å². The summed E-state index contributed by atoms with van der Waals surface area (Å²) in [6, 6.07) is 14.0.